The first-order chi connectivity index (χ1) is 33.8. The van der Waals surface area contributed by atoms with Gasteiger partial charge in [-0.2, -0.15) is 0 Å². The normalized spacial score (nSPS) is 13.2. The summed E-state index contributed by atoms with van der Waals surface area (Å²) in [5.41, 5.74) is 10.2. The minimum absolute atomic E-state index is 0. The van der Waals surface area contributed by atoms with Gasteiger partial charge in [-0.15, -0.1) is 0 Å². The molecule has 0 bridgehead atoms. The highest BCUT2D eigenvalue weighted by molar-refractivity contribution is 7.57. The molecule has 0 aliphatic rings. The van der Waals surface area contributed by atoms with E-state index in [9.17, 15) is 0 Å². The number of hydrogen-bond acceptors (Lipinski definition) is 4. The van der Waals surface area contributed by atoms with Crippen LogP contribution in [0.25, 0.3) is 11.1 Å². The molecule has 0 unspecified atom stereocenters. The van der Waals surface area contributed by atoms with Crippen LogP contribution in [-0.2, 0) is 43.3 Å². The first kappa shape index (κ1) is 61.2. The van der Waals surface area contributed by atoms with Crippen LogP contribution in [-0.4, -0.2) is 0 Å². The Hall–Kier alpha value is -4.62. The van der Waals surface area contributed by atoms with Gasteiger partial charge in [-0.1, -0.05) is 271 Å². The van der Waals surface area contributed by atoms with Crippen LogP contribution in [0.15, 0.2) is 121 Å². The van der Waals surface area contributed by atoms with E-state index < -0.39 is 16.8 Å². The van der Waals surface area contributed by atoms with Gasteiger partial charge < -0.3 is 18.1 Å². The maximum atomic E-state index is 7.47. The SMILES string of the molecule is C.CC(C)(C)c1cccc(C(C)(C)C)c1OP(Oc1c(C(C)(C)C)cccc1C(C)(C)C)c1ccc(-c2ccc(P(Oc3c(C(C)(C)C)cccc3C(C)(C)C)Oc3c(C(C)(C)C)cccc3C(C)(C)C)cc2)cc1. The Morgan fingerprint density at radius 1 is 0.227 bits per heavy atom. The van der Waals surface area contributed by atoms with Gasteiger partial charge in [-0.05, 0) is 78.7 Å². The molecule has 6 aromatic rings. The molecule has 75 heavy (non-hydrogen) atoms. The molecule has 0 spiro atoms. The molecule has 6 heteroatoms. The minimum Gasteiger partial charge on any atom is -0.435 e. The maximum Gasteiger partial charge on any atom is 0.326 e. The summed E-state index contributed by atoms with van der Waals surface area (Å²) < 4.78 is 29.9. The maximum absolute atomic E-state index is 7.47. The molecule has 0 amide bonds. The summed E-state index contributed by atoms with van der Waals surface area (Å²) in [5.74, 6) is 3.63. The number of rotatable bonds is 11. The molecular weight excluding hydrogens is 955 g/mol. The topological polar surface area (TPSA) is 36.9 Å². The molecule has 6 aromatic carbocycles. The van der Waals surface area contributed by atoms with E-state index in [0.29, 0.717) is 0 Å². The lowest BCUT2D eigenvalue weighted by Gasteiger charge is -2.34. The highest BCUT2D eigenvalue weighted by Gasteiger charge is 2.36. The molecule has 4 nitrogen and oxygen atoms in total. The Bertz CT molecular complexity index is 2400. The lowest BCUT2D eigenvalue weighted by Crippen LogP contribution is -2.22. The van der Waals surface area contributed by atoms with Crippen LogP contribution in [0.3, 0.4) is 0 Å². The van der Waals surface area contributed by atoms with E-state index >= 15 is 0 Å². The first-order valence-corrected chi connectivity index (χ1v) is 29.2. The van der Waals surface area contributed by atoms with Crippen molar-refractivity contribution < 1.29 is 18.1 Å². The summed E-state index contributed by atoms with van der Waals surface area (Å²) >= 11 is 0. The fourth-order valence-corrected chi connectivity index (χ4v) is 12.1. The van der Waals surface area contributed by atoms with Gasteiger partial charge in [0.05, 0.1) is 10.6 Å². The second-order valence-corrected chi connectivity index (χ2v) is 31.5. The van der Waals surface area contributed by atoms with Crippen molar-refractivity contribution in [2.24, 2.45) is 0 Å². The molecule has 0 aliphatic carbocycles. The van der Waals surface area contributed by atoms with Gasteiger partial charge >= 0.3 is 16.8 Å². The second-order valence-electron chi connectivity index (χ2n) is 28.7. The molecule has 0 radical (unpaired) electrons. The summed E-state index contributed by atoms with van der Waals surface area (Å²) in [4.78, 5) is 0. The molecule has 406 valence electrons. The van der Waals surface area contributed by atoms with Gasteiger partial charge in [-0.25, -0.2) is 0 Å². The lowest BCUT2D eigenvalue weighted by atomic mass is 9.79. The highest BCUT2D eigenvalue weighted by atomic mass is 31.2. The van der Waals surface area contributed by atoms with Gasteiger partial charge in [0.15, 0.2) is 0 Å². The van der Waals surface area contributed by atoms with Gasteiger partial charge in [0.25, 0.3) is 0 Å². The highest BCUT2D eigenvalue weighted by Crippen LogP contribution is 2.53. The van der Waals surface area contributed by atoms with Crippen molar-refractivity contribution in [1.82, 2.24) is 0 Å². The summed E-state index contributed by atoms with van der Waals surface area (Å²) in [6, 6.07) is 44.1. The van der Waals surface area contributed by atoms with Crippen molar-refractivity contribution in [2.75, 3.05) is 0 Å². The van der Waals surface area contributed by atoms with Crippen LogP contribution in [0.2, 0.25) is 0 Å². The standard InChI is InChI=1S/C68H92O4P2.CH4/c1-61(2,3)49-29-25-30-50(62(4,5)6)57(49)69-73(70-58-51(63(7,8)9)31-26-32-52(58)64(10,11)12)47-41-37-45(38-42-47)46-39-43-48(44-40-46)74(71-59-53(65(13,14)15)33-27-34-54(59)66(16,17)18)72-60-55(67(19,20)21)35-28-36-56(60)68(22,23)24;/h25-44H,1-24H3;1H4. The third-order valence-electron chi connectivity index (χ3n) is 13.7. The zero-order chi connectivity index (χ0) is 55.4. The predicted molar refractivity (Wildman–Crippen MR) is 330 cm³/mol. The molecule has 6 rings (SSSR count). The fraction of sp³-hybridized carbons (Fsp3) is 0.478. The first-order valence-electron chi connectivity index (χ1n) is 26.9. The van der Waals surface area contributed by atoms with E-state index in [4.69, 9.17) is 18.1 Å². The smallest absolute Gasteiger partial charge is 0.326 e. The fourth-order valence-electron chi connectivity index (χ4n) is 9.40. The van der Waals surface area contributed by atoms with Crippen LogP contribution < -0.4 is 28.7 Å². The molecule has 0 N–H and O–H groups in total. The summed E-state index contributed by atoms with van der Waals surface area (Å²) in [5, 5.41) is 1.99. The third kappa shape index (κ3) is 14.5. The zero-order valence-corrected chi connectivity index (χ0v) is 51.9. The van der Waals surface area contributed by atoms with Crippen LogP contribution in [0.4, 0.5) is 0 Å². The Morgan fingerprint density at radius 3 is 0.507 bits per heavy atom. The van der Waals surface area contributed by atoms with Crippen molar-refractivity contribution in [3.63, 3.8) is 0 Å². The lowest BCUT2D eigenvalue weighted by molar-refractivity contribution is 0.442. The predicted octanol–water partition coefficient (Wildman–Crippen LogP) is 20.6. The van der Waals surface area contributed by atoms with Crippen LogP contribution in [0.5, 0.6) is 23.0 Å². The largest absolute Gasteiger partial charge is 0.435 e. The average Bonchev–Trinajstić information content (AvgIpc) is 3.26. The van der Waals surface area contributed by atoms with Gasteiger partial charge in [-0.3, -0.25) is 0 Å². The Morgan fingerprint density at radius 2 is 0.373 bits per heavy atom. The van der Waals surface area contributed by atoms with E-state index in [1.807, 2.05) is 0 Å². The van der Waals surface area contributed by atoms with Crippen LogP contribution >= 0.6 is 16.8 Å². The van der Waals surface area contributed by atoms with E-state index in [1.165, 1.54) is 44.5 Å². The second kappa shape index (κ2) is 22.0. The quantitative estimate of drug-likeness (QED) is 0.121. The van der Waals surface area contributed by atoms with Crippen molar-refractivity contribution in [1.29, 1.82) is 0 Å². The Kier molecular flexibility index (Phi) is 18.0. The Labute approximate surface area is 460 Å². The zero-order valence-electron chi connectivity index (χ0n) is 50.1. The molecule has 0 fully saturated rings. The van der Waals surface area contributed by atoms with Gasteiger partial charge in [0.2, 0.25) is 0 Å². The van der Waals surface area contributed by atoms with E-state index in [1.54, 1.807) is 0 Å². The number of para-hydroxylation sites is 4. The van der Waals surface area contributed by atoms with E-state index in [2.05, 4.69) is 287 Å². The van der Waals surface area contributed by atoms with Crippen molar-refractivity contribution in [3.8, 4) is 34.1 Å². The average molecular weight is 1050 g/mol. The molecular formula is C69H96O4P2. The monoisotopic (exact) mass is 1050 g/mol. The van der Waals surface area contributed by atoms with E-state index in [0.717, 1.165) is 44.7 Å². The van der Waals surface area contributed by atoms with Crippen molar-refractivity contribution >= 4 is 27.4 Å². The third-order valence-corrected chi connectivity index (χ3v) is 16.5. The molecule has 0 atom stereocenters. The molecule has 0 aromatic heterocycles. The molecule has 0 aliphatic heterocycles. The van der Waals surface area contributed by atoms with Gasteiger partial charge in [0, 0.05) is 44.5 Å². The van der Waals surface area contributed by atoms with Crippen LogP contribution in [0, 0.1) is 0 Å². The number of hydrogen-bond donors (Lipinski definition) is 0. The van der Waals surface area contributed by atoms with Crippen molar-refractivity contribution in [2.45, 2.75) is 217 Å². The molecule has 0 saturated carbocycles. The molecule has 0 saturated heterocycles. The summed E-state index contributed by atoms with van der Waals surface area (Å²) in [6.07, 6.45) is 0. The van der Waals surface area contributed by atoms with Gasteiger partial charge in [0.1, 0.15) is 23.0 Å². The van der Waals surface area contributed by atoms with E-state index in [-0.39, 0.29) is 50.7 Å². The van der Waals surface area contributed by atoms with Crippen molar-refractivity contribution in [3.05, 3.63) is 166 Å². The summed E-state index contributed by atoms with van der Waals surface area (Å²) in [7, 11) is -3.36. The van der Waals surface area contributed by atoms with Crippen LogP contribution in [0.1, 0.15) is 218 Å². The number of benzene rings is 6. The molecule has 0 heterocycles. The Balaban J connectivity index is 0.0000104. The minimum atomic E-state index is -1.68. The summed E-state index contributed by atoms with van der Waals surface area (Å²) in [6.45, 7) is 54.4.